The standard InChI is InChI=1S/C20H29N3O4/c1-22(14-7-9-21-10-8-14)13-19(24)23-11-16(17(12-23)20(25)26)15-5-3-4-6-18(15)27-2/h3-6,14,16-17,21H,7-13H2,1-2H3,(H,25,26)/t16-,17+/m0/s1. The van der Waals surface area contributed by atoms with Gasteiger partial charge in [-0.1, -0.05) is 18.2 Å². The number of likely N-dealkylation sites (tertiary alicyclic amines) is 1. The molecule has 0 radical (unpaired) electrons. The van der Waals surface area contributed by atoms with E-state index in [4.69, 9.17) is 4.74 Å². The van der Waals surface area contributed by atoms with E-state index < -0.39 is 11.9 Å². The monoisotopic (exact) mass is 375 g/mol. The lowest BCUT2D eigenvalue weighted by Crippen LogP contribution is -2.46. The average Bonchev–Trinajstić information content (AvgIpc) is 3.14. The van der Waals surface area contributed by atoms with Gasteiger partial charge in [-0.2, -0.15) is 0 Å². The second kappa shape index (κ2) is 8.71. The van der Waals surface area contributed by atoms with Crippen molar-refractivity contribution >= 4 is 11.9 Å². The van der Waals surface area contributed by atoms with Gasteiger partial charge < -0.3 is 20.1 Å². The van der Waals surface area contributed by atoms with Gasteiger partial charge in [-0.25, -0.2) is 0 Å². The summed E-state index contributed by atoms with van der Waals surface area (Å²) in [6.07, 6.45) is 2.07. The van der Waals surface area contributed by atoms with Crippen molar-refractivity contribution in [2.75, 3.05) is 46.9 Å². The lowest BCUT2D eigenvalue weighted by Gasteiger charge is -2.32. The van der Waals surface area contributed by atoms with Gasteiger partial charge in [0, 0.05) is 25.0 Å². The highest BCUT2D eigenvalue weighted by molar-refractivity contribution is 5.81. The summed E-state index contributed by atoms with van der Waals surface area (Å²) >= 11 is 0. The predicted molar refractivity (Wildman–Crippen MR) is 102 cm³/mol. The van der Waals surface area contributed by atoms with Gasteiger partial charge in [0.1, 0.15) is 5.75 Å². The second-order valence-electron chi connectivity index (χ2n) is 7.49. The van der Waals surface area contributed by atoms with Crippen molar-refractivity contribution in [3.05, 3.63) is 29.8 Å². The number of methoxy groups -OCH3 is 1. The van der Waals surface area contributed by atoms with Crippen molar-refractivity contribution in [2.24, 2.45) is 5.92 Å². The van der Waals surface area contributed by atoms with Crippen LogP contribution in [-0.4, -0.2) is 79.7 Å². The van der Waals surface area contributed by atoms with Crippen molar-refractivity contribution in [3.8, 4) is 5.75 Å². The number of ether oxygens (including phenoxy) is 1. The van der Waals surface area contributed by atoms with Crippen LogP contribution in [0.4, 0.5) is 0 Å². The summed E-state index contributed by atoms with van der Waals surface area (Å²) in [6.45, 7) is 2.94. The highest BCUT2D eigenvalue weighted by Gasteiger charge is 2.41. The summed E-state index contributed by atoms with van der Waals surface area (Å²) in [4.78, 5) is 28.5. The minimum Gasteiger partial charge on any atom is -0.496 e. The maximum Gasteiger partial charge on any atom is 0.308 e. The van der Waals surface area contributed by atoms with E-state index in [9.17, 15) is 14.7 Å². The number of hydrogen-bond donors (Lipinski definition) is 2. The normalized spacial score (nSPS) is 23.6. The molecule has 2 saturated heterocycles. The number of carboxylic acid groups (broad SMARTS) is 1. The number of rotatable bonds is 6. The van der Waals surface area contributed by atoms with Crippen LogP contribution in [-0.2, 0) is 9.59 Å². The molecule has 0 aromatic heterocycles. The Bertz CT molecular complexity index is 675. The predicted octanol–water partition coefficient (Wildman–Crippen LogP) is 1.01. The molecule has 0 saturated carbocycles. The minimum absolute atomic E-state index is 0.000296. The fourth-order valence-corrected chi connectivity index (χ4v) is 4.24. The molecule has 0 bridgehead atoms. The maximum absolute atomic E-state index is 12.8. The first-order valence-electron chi connectivity index (χ1n) is 9.55. The van der Waals surface area contributed by atoms with Gasteiger partial charge in [-0.3, -0.25) is 14.5 Å². The zero-order valence-electron chi connectivity index (χ0n) is 16.1. The van der Waals surface area contributed by atoms with Crippen molar-refractivity contribution < 1.29 is 19.4 Å². The summed E-state index contributed by atoms with van der Waals surface area (Å²) in [5.41, 5.74) is 0.856. The number of amides is 1. The Hall–Kier alpha value is -2.12. The van der Waals surface area contributed by atoms with Gasteiger partial charge in [0.2, 0.25) is 5.91 Å². The van der Waals surface area contributed by atoms with Gasteiger partial charge in [0.15, 0.2) is 0 Å². The molecule has 2 aliphatic rings. The summed E-state index contributed by atoms with van der Waals surface area (Å²) in [5, 5.41) is 13.0. The van der Waals surface area contributed by atoms with Crippen LogP contribution < -0.4 is 10.1 Å². The average molecular weight is 375 g/mol. The topological polar surface area (TPSA) is 82.1 Å². The van der Waals surface area contributed by atoms with Crippen molar-refractivity contribution in [1.82, 2.24) is 15.1 Å². The first-order chi connectivity index (χ1) is 13.0. The number of carbonyl (C=O) groups excluding carboxylic acids is 1. The fourth-order valence-electron chi connectivity index (χ4n) is 4.24. The van der Waals surface area contributed by atoms with Crippen LogP contribution in [0.2, 0.25) is 0 Å². The molecule has 1 aromatic carbocycles. The van der Waals surface area contributed by atoms with E-state index in [-0.39, 0.29) is 18.4 Å². The van der Waals surface area contributed by atoms with Crippen LogP contribution in [0.3, 0.4) is 0 Å². The van der Waals surface area contributed by atoms with E-state index in [2.05, 4.69) is 10.2 Å². The van der Waals surface area contributed by atoms with Crippen LogP contribution in [0.15, 0.2) is 24.3 Å². The molecule has 1 amide bonds. The Balaban J connectivity index is 1.70. The highest BCUT2D eigenvalue weighted by Crippen LogP contribution is 2.37. The van der Waals surface area contributed by atoms with Gasteiger partial charge in [-0.05, 0) is 44.6 Å². The molecule has 7 nitrogen and oxygen atoms in total. The third-order valence-corrected chi connectivity index (χ3v) is 5.84. The molecular formula is C20H29N3O4. The molecule has 0 unspecified atom stereocenters. The number of likely N-dealkylation sites (N-methyl/N-ethyl adjacent to an activating group) is 1. The number of carboxylic acids is 1. The molecule has 2 heterocycles. The summed E-state index contributed by atoms with van der Waals surface area (Å²) in [7, 11) is 3.57. The van der Waals surface area contributed by atoms with Crippen molar-refractivity contribution in [1.29, 1.82) is 0 Å². The lowest BCUT2D eigenvalue weighted by atomic mass is 9.88. The van der Waals surface area contributed by atoms with E-state index in [0.29, 0.717) is 24.9 Å². The van der Waals surface area contributed by atoms with Crippen molar-refractivity contribution in [2.45, 2.75) is 24.8 Å². The zero-order valence-corrected chi connectivity index (χ0v) is 16.1. The molecule has 148 valence electrons. The van der Waals surface area contributed by atoms with Gasteiger partial charge in [-0.15, -0.1) is 0 Å². The van der Waals surface area contributed by atoms with Gasteiger partial charge >= 0.3 is 5.97 Å². The largest absolute Gasteiger partial charge is 0.496 e. The summed E-state index contributed by atoms with van der Waals surface area (Å²) in [5.74, 6) is -1.07. The molecule has 27 heavy (non-hydrogen) atoms. The Morgan fingerprint density at radius 2 is 1.96 bits per heavy atom. The Morgan fingerprint density at radius 3 is 2.63 bits per heavy atom. The molecule has 0 aliphatic carbocycles. The third-order valence-electron chi connectivity index (χ3n) is 5.84. The molecule has 0 spiro atoms. The number of carbonyl (C=O) groups is 2. The number of nitrogens with zero attached hydrogens (tertiary/aromatic N) is 2. The Labute approximate surface area is 160 Å². The maximum atomic E-state index is 12.8. The van der Waals surface area contributed by atoms with E-state index in [1.165, 1.54) is 0 Å². The molecule has 2 fully saturated rings. The van der Waals surface area contributed by atoms with Crippen LogP contribution in [0.25, 0.3) is 0 Å². The summed E-state index contributed by atoms with van der Waals surface area (Å²) in [6, 6.07) is 7.88. The third kappa shape index (κ3) is 4.42. The number of nitrogens with one attached hydrogen (secondary N) is 1. The van der Waals surface area contributed by atoms with Gasteiger partial charge in [0.05, 0.1) is 19.6 Å². The molecule has 7 heteroatoms. The van der Waals surface area contributed by atoms with E-state index in [1.807, 2.05) is 31.3 Å². The zero-order chi connectivity index (χ0) is 19.4. The summed E-state index contributed by atoms with van der Waals surface area (Å²) < 4.78 is 5.41. The molecule has 2 atom stereocenters. The van der Waals surface area contributed by atoms with Crippen LogP contribution in [0.5, 0.6) is 5.75 Å². The van der Waals surface area contributed by atoms with E-state index >= 15 is 0 Å². The highest BCUT2D eigenvalue weighted by atomic mass is 16.5. The number of hydrogen-bond acceptors (Lipinski definition) is 5. The molecular weight excluding hydrogens is 346 g/mol. The van der Waals surface area contributed by atoms with Gasteiger partial charge in [0.25, 0.3) is 0 Å². The van der Waals surface area contributed by atoms with Crippen LogP contribution >= 0.6 is 0 Å². The smallest absolute Gasteiger partial charge is 0.308 e. The van der Waals surface area contributed by atoms with Crippen LogP contribution in [0.1, 0.15) is 24.3 Å². The lowest BCUT2D eigenvalue weighted by molar-refractivity contribution is -0.142. The molecule has 2 aliphatic heterocycles. The first-order valence-corrected chi connectivity index (χ1v) is 9.55. The fraction of sp³-hybridized carbons (Fsp3) is 0.600. The Morgan fingerprint density at radius 1 is 1.26 bits per heavy atom. The van der Waals surface area contributed by atoms with E-state index in [0.717, 1.165) is 31.5 Å². The van der Waals surface area contributed by atoms with Crippen LogP contribution in [0, 0.1) is 5.92 Å². The minimum atomic E-state index is -0.868. The molecule has 2 N–H and O–H groups in total. The first kappa shape index (κ1) is 19.6. The second-order valence-corrected chi connectivity index (χ2v) is 7.49. The molecule has 3 rings (SSSR count). The quantitative estimate of drug-likeness (QED) is 0.772. The SMILES string of the molecule is COc1ccccc1[C@@H]1CN(C(=O)CN(C)C2CCNCC2)C[C@H]1C(=O)O. The van der Waals surface area contributed by atoms with Crippen molar-refractivity contribution in [3.63, 3.8) is 0 Å². The Kier molecular flexibility index (Phi) is 6.34. The number of benzene rings is 1. The van der Waals surface area contributed by atoms with E-state index in [1.54, 1.807) is 12.0 Å². The molecule has 1 aromatic rings. The number of aliphatic carboxylic acids is 1. The number of piperidine rings is 1. The number of para-hydroxylation sites is 1.